The monoisotopic (exact) mass is 470 g/mol. The Kier molecular flexibility index (Phi) is 4.80. The molecule has 2 N–H and O–H groups in total. The highest BCUT2D eigenvalue weighted by Gasteiger charge is 2.34. The second-order valence-corrected chi connectivity index (χ2v) is 8.79. The van der Waals surface area contributed by atoms with Gasteiger partial charge in [-0.15, -0.1) is 0 Å². The topological polar surface area (TPSA) is 24.1 Å². The van der Waals surface area contributed by atoms with Gasteiger partial charge in [0.05, 0.1) is 23.0 Å². The van der Waals surface area contributed by atoms with Gasteiger partial charge in [0.15, 0.2) is 0 Å². The summed E-state index contributed by atoms with van der Waals surface area (Å²) in [6.45, 7) is 2.28. The van der Waals surface area contributed by atoms with Gasteiger partial charge in [-0.2, -0.15) is 0 Å². The van der Waals surface area contributed by atoms with Crippen LogP contribution in [-0.2, 0) is 5.54 Å². The van der Waals surface area contributed by atoms with Crippen molar-refractivity contribution in [1.82, 2.24) is 0 Å². The number of hydrogen-bond acceptors (Lipinski definition) is 2. The molecule has 4 rings (SSSR count). The largest absolute Gasteiger partial charge is 0.376 e. The van der Waals surface area contributed by atoms with Crippen LogP contribution in [0.5, 0.6) is 0 Å². The molecule has 0 amide bonds. The summed E-state index contributed by atoms with van der Waals surface area (Å²) in [7, 11) is 0. The lowest BCUT2D eigenvalue weighted by molar-refractivity contribution is 0.464. The molecular weight excluding hydrogens is 452 g/mol. The number of hydrogen-bond donors (Lipinski definition) is 2. The molecule has 1 heterocycles. The zero-order chi connectivity index (χ0) is 18.1. The lowest BCUT2D eigenvalue weighted by Gasteiger charge is -2.33. The first-order valence-corrected chi connectivity index (χ1v) is 10.3. The van der Waals surface area contributed by atoms with Crippen molar-refractivity contribution in [3.8, 4) is 0 Å². The van der Waals surface area contributed by atoms with Crippen molar-refractivity contribution in [2.75, 3.05) is 10.6 Å². The molecule has 132 valence electrons. The van der Waals surface area contributed by atoms with E-state index in [0.717, 1.165) is 26.7 Å². The molecule has 2 nitrogen and oxygen atoms in total. The Hall–Kier alpha value is -1.78. The molecule has 0 aromatic heterocycles. The number of anilines is 2. The third-order valence-corrected chi connectivity index (χ3v) is 6.09. The maximum absolute atomic E-state index is 3.80. The second kappa shape index (κ2) is 7.09. The van der Waals surface area contributed by atoms with E-state index in [2.05, 4.69) is 122 Å². The number of nitrogens with one attached hydrogen (secondary N) is 2. The predicted molar refractivity (Wildman–Crippen MR) is 117 cm³/mol. The minimum absolute atomic E-state index is 0.182. The Bertz CT molecular complexity index is 906. The Balaban J connectivity index is 1.79. The lowest BCUT2D eigenvalue weighted by atomic mass is 9.84. The van der Waals surface area contributed by atoms with E-state index in [4.69, 9.17) is 0 Å². The van der Waals surface area contributed by atoms with Gasteiger partial charge in [0, 0.05) is 8.95 Å². The first-order valence-electron chi connectivity index (χ1n) is 8.69. The highest BCUT2D eigenvalue weighted by atomic mass is 79.9. The van der Waals surface area contributed by atoms with Crippen molar-refractivity contribution in [3.63, 3.8) is 0 Å². The molecule has 0 radical (unpaired) electrons. The van der Waals surface area contributed by atoms with Crippen LogP contribution >= 0.6 is 31.9 Å². The van der Waals surface area contributed by atoms with E-state index < -0.39 is 0 Å². The molecule has 3 aromatic rings. The van der Waals surface area contributed by atoms with Gasteiger partial charge < -0.3 is 10.6 Å². The molecule has 3 aromatic carbocycles. The maximum Gasteiger partial charge on any atom is 0.0620 e. The molecule has 0 spiro atoms. The van der Waals surface area contributed by atoms with Crippen molar-refractivity contribution < 1.29 is 0 Å². The van der Waals surface area contributed by atoms with Gasteiger partial charge in [-0.25, -0.2) is 0 Å². The van der Waals surface area contributed by atoms with Gasteiger partial charge in [0.25, 0.3) is 0 Å². The van der Waals surface area contributed by atoms with E-state index in [1.54, 1.807) is 0 Å². The third-order valence-electron chi connectivity index (χ3n) is 5.03. The number of fused-ring (bicyclic) bond motifs is 1. The van der Waals surface area contributed by atoms with Crippen LogP contribution in [0.1, 0.15) is 30.5 Å². The van der Waals surface area contributed by atoms with Crippen molar-refractivity contribution in [2.24, 2.45) is 0 Å². The quantitative estimate of drug-likeness (QED) is 0.416. The van der Waals surface area contributed by atoms with Crippen LogP contribution in [0.25, 0.3) is 0 Å². The molecule has 0 bridgehead atoms. The zero-order valence-corrected chi connectivity index (χ0v) is 17.6. The lowest BCUT2D eigenvalue weighted by Crippen LogP contribution is -2.33. The molecule has 1 aliphatic heterocycles. The van der Waals surface area contributed by atoms with E-state index in [1.165, 1.54) is 11.1 Å². The average molecular weight is 472 g/mol. The number of rotatable bonds is 2. The average Bonchev–Trinajstić information content (AvgIpc) is 2.79. The van der Waals surface area contributed by atoms with Crippen molar-refractivity contribution in [2.45, 2.75) is 24.9 Å². The molecule has 2 atom stereocenters. The van der Waals surface area contributed by atoms with Crippen LogP contribution in [0.15, 0.2) is 81.7 Å². The summed E-state index contributed by atoms with van der Waals surface area (Å²) in [6, 6.07) is 25.9. The van der Waals surface area contributed by atoms with Crippen LogP contribution in [-0.4, -0.2) is 0 Å². The number of para-hydroxylation sites is 2. The van der Waals surface area contributed by atoms with Crippen LogP contribution in [0, 0.1) is 0 Å². The summed E-state index contributed by atoms with van der Waals surface area (Å²) < 4.78 is 2.20. The van der Waals surface area contributed by atoms with Crippen LogP contribution in [0.4, 0.5) is 11.4 Å². The minimum atomic E-state index is -0.182. The van der Waals surface area contributed by atoms with Gasteiger partial charge >= 0.3 is 0 Å². The Labute approximate surface area is 171 Å². The molecule has 0 saturated carbocycles. The van der Waals surface area contributed by atoms with Crippen LogP contribution in [0.3, 0.4) is 0 Å². The van der Waals surface area contributed by atoms with Gasteiger partial charge in [0.1, 0.15) is 0 Å². The molecule has 4 heteroatoms. The van der Waals surface area contributed by atoms with Gasteiger partial charge in [-0.05, 0) is 60.9 Å². The SMILES string of the molecule is C[C@@]1(c2ccc(Br)cc2)C[C@H](c2ccc(Br)cc2)Nc2ccccc2N1. The fourth-order valence-electron chi connectivity index (χ4n) is 3.62. The minimum Gasteiger partial charge on any atom is -0.376 e. The highest BCUT2D eigenvalue weighted by Crippen LogP contribution is 2.42. The third kappa shape index (κ3) is 3.53. The molecule has 0 fully saturated rings. The summed E-state index contributed by atoms with van der Waals surface area (Å²) >= 11 is 7.09. The summed E-state index contributed by atoms with van der Waals surface area (Å²) in [6.07, 6.45) is 0.935. The van der Waals surface area contributed by atoms with Crippen molar-refractivity contribution in [3.05, 3.63) is 92.9 Å². The summed E-state index contributed by atoms with van der Waals surface area (Å²) in [5, 5.41) is 7.54. The van der Waals surface area contributed by atoms with Gasteiger partial charge in [0.2, 0.25) is 0 Å². The maximum atomic E-state index is 3.80. The van der Waals surface area contributed by atoms with E-state index in [1.807, 2.05) is 0 Å². The zero-order valence-electron chi connectivity index (χ0n) is 14.5. The van der Waals surface area contributed by atoms with E-state index in [-0.39, 0.29) is 11.6 Å². The molecule has 0 unspecified atom stereocenters. The number of benzene rings is 3. The van der Waals surface area contributed by atoms with Gasteiger partial charge in [-0.3, -0.25) is 0 Å². The van der Waals surface area contributed by atoms with E-state index in [9.17, 15) is 0 Å². The normalized spacial score (nSPS) is 21.9. The van der Waals surface area contributed by atoms with Crippen molar-refractivity contribution in [1.29, 1.82) is 0 Å². The first-order chi connectivity index (χ1) is 12.5. The molecule has 1 aliphatic rings. The summed E-state index contributed by atoms with van der Waals surface area (Å²) in [5.41, 5.74) is 4.66. The van der Waals surface area contributed by atoms with Gasteiger partial charge in [-0.1, -0.05) is 68.3 Å². The number of halogens is 2. The predicted octanol–water partition coefficient (Wildman–Crippen LogP) is 7.10. The molecule has 0 aliphatic carbocycles. The Morgan fingerprint density at radius 3 is 2.04 bits per heavy atom. The standard InChI is InChI=1S/C22H20Br2N2/c1-22(16-8-12-18(24)13-9-16)14-21(15-6-10-17(23)11-7-15)25-19-4-2-3-5-20(19)26-22/h2-13,21,25-26H,14H2,1H3/t21-,22+/m1/s1. The van der Waals surface area contributed by atoms with Crippen LogP contribution in [0.2, 0.25) is 0 Å². The first kappa shape index (κ1) is 17.6. The highest BCUT2D eigenvalue weighted by molar-refractivity contribution is 9.10. The second-order valence-electron chi connectivity index (χ2n) is 6.96. The Morgan fingerprint density at radius 1 is 0.808 bits per heavy atom. The fraction of sp³-hybridized carbons (Fsp3) is 0.182. The van der Waals surface area contributed by atoms with E-state index in [0.29, 0.717) is 0 Å². The fourth-order valence-corrected chi connectivity index (χ4v) is 4.15. The van der Waals surface area contributed by atoms with Crippen LogP contribution < -0.4 is 10.6 Å². The van der Waals surface area contributed by atoms with E-state index >= 15 is 0 Å². The summed E-state index contributed by atoms with van der Waals surface area (Å²) in [5.74, 6) is 0. The molecule has 26 heavy (non-hydrogen) atoms. The molecular formula is C22H20Br2N2. The van der Waals surface area contributed by atoms with Crippen molar-refractivity contribution >= 4 is 43.2 Å². The Morgan fingerprint density at radius 2 is 1.38 bits per heavy atom. The smallest absolute Gasteiger partial charge is 0.0620 e. The molecule has 0 saturated heterocycles. The summed E-state index contributed by atoms with van der Waals surface area (Å²) in [4.78, 5) is 0.